The zero-order valence-electron chi connectivity index (χ0n) is 7.82. The Morgan fingerprint density at radius 3 is 3.14 bits per heavy atom. The Morgan fingerprint density at radius 1 is 1.50 bits per heavy atom. The number of Topliss-reactive ketones (excluding diaryl/α,β-unsaturated/α-hetero) is 1. The molecular formula is C9H10N4O. The van der Waals surface area contributed by atoms with Gasteiger partial charge in [0.05, 0.1) is 12.5 Å². The highest BCUT2D eigenvalue weighted by atomic mass is 16.1. The van der Waals surface area contributed by atoms with Gasteiger partial charge in [0.25, 0.3) is 0 Å². The van der Waals surface area contributed by atoms with E-state index in [1.165, 1.54) is 0 Å². The molecule has 2 aromatic rings. The average molecular weight is 190 g/mol. The minimum atomic E-state index is 0.149. The van der Waals surface area contributed by atoms with Crippen LogP contribution in [0.25, 0.3) is 11.2 Å². The highest BCUT2D eigenvalue weighted by Gasteiger charge is 2.02. The number of ketones is 1. The topological polar surface area (TPSA) is 71.5 Å². The van der Waals surface area contributed by atoms with Crippen LogP contribution in [0.1, 0.15) is 19.2 Å². The Labute approximate surface area is 80.6 Å². The van der Waals surface area contributed by atoms with Crippen LogP contribution >= 0.6 is 0 Å². The predicted molar refractivity (Wildman–Crippen MR) is 50.7 cm³/mol. The second-order valence-corrected chi connectivity index (χ2v) is 3.13. The molecule has 1 N–H and O–H groups in total. The lowest BCUT2D eigenvalue weighted by Crippen LogP contribution is -1.99. The van der Waals surface area contributed by atoms with Gasteiger partial charge in [-0.05, 0) is 6.92 Å². The first kappa shape index (κ1) is 8.80. The number of fused-ring (bicyclic) bond motifs is 1. The van der Waals surface area contributed by atoms with E-state index < -0.39 is 0 Å². The van der Waals surface area contributed by atoms with Crippen molar-refractivity contribution in [2.24, 2.45) is 0 Å². The van der Waals surface area contributed by atoms with Crippen molar-refractivity contribution in [2.75, 3.05) is 0 Å². The second kappa shape index (κ2) is 3.53. The van der Waals surface area contributed by atoms with Gasteiger partial charge in [-0.1, -0.05) is 0 Å². The third-order valence-electron chi connectivity index (χ3n) is 1.93. The Bertz CT molecular complexity index is 463. The highest BCUT2D eigenvalue weighted by molar-refractivity contribution is 5.75. The Balaban J connectivity index is 2.21. The summed E-state index contributed by atoms with van der Waals surface area (Å²) in [7, 11) is 0. The quantitative estimate of drug-likeness (QED) is 0.779. The third kappa shape index (κ3) is 1.76. The maximum absolute atomic E-state index is 10.8. The normalized spacial score (nSPS) is 10.6. The molecule has 2 aromatic heterocycles. The molecule has 5 nitrogen and oxygen atoms in total. The van der Waals surface area contributed by atoms with E-state index in [2.05, 4.69) is 19.9 Å². The molecule has 0 spiro atoms. The van der Waals surface area contributed by atoms with Crippen LogP contribution < -0.4 is 0 Å². The number of nitrogens with zero attached hydrogens (tertiary/aromatic N) is 3. The van der Waals surface area contributed by atoms with Crippen LogP contribution in [-0.4, -0.2) is 25.7 Å². The van der Waals surface area contributed by atoms with Gasteiger partial charge in [-0.15, -0.1) is 0 Å². The number of carbonyl (C=O) groups is 1. The number of nitrogens with one attached hydrogen (secondary N) is 1. The molecule has 5 heteroatoms. The van der Waals surface area contributed by atoms with Crippen molar-refractivity contribution < 1.29 is 4.79 Å². The average Bonchev–Trinajstić information content (AvgIpc) is 2.61. The predicted octanol–water partition coefficient (Wildman–Crippen LogP) is 0.874. The lowest BCUT2D eigenvalue weighted by molar-refractivity contribution is -0.117. The third-order valence-corrected chi connectivity index (χ3v) is 1.93. The van der Waals surface area contributed by atoms with Crippen molar-refractivity contribution in [3.8, 4) is 0 Å². The lowest BCUT2D eigenvalue weighted by atomic mass is 10.2. The van der Waals surface area contributed by atoms with Crippen LogP contribution in [0.15, 0.2) is 12.5 Å². The number of H-pyrrole nitrogens is 1. The van der Waals surface area contributed by atoms with Gasteiger partial charge in [0, 0.05) is 12.8 Å². The fourth-order valence-electron chi connectivity index (χ4n) is 1.18. The largest absolute Gasteiger partial charge is 0.342 e. The van der Waals surface area contributed by atoms with Gasteiger partial charge in [0.1, 0.15) is 17.1 Å². The molecule has 0 aliphatic heterocycles. The van der Waals surface area contributed by atoms with E-state index in [1.54, 1.807) is 19.4 Å². The number of imidazole rings is 1. The summed E-state index contributed by atoms with van der Waals surface area (Å²) in [4.78, 5) is 26.0. The van der Waals surface area contributed by atoms with Crippen molar-refractivity contribution in [1.29, 1.82) is 0 Å². The number of hydrogen-bond acceptors (Lipinski definition) is 4. The molecular weight excluding hydrogens is 180 g/mol. The molecule has 0 atom stereocenters. The Morgan fingerprint density at radius 2 is 2.36 bits per heavy atom. The Kier molecular flexibility index (Phi) is 2.22. The summed E-state index contributed by atoms with van der Waals surface area (Å²) < 4.78 is 0. The van der Waals surface area contributed by atoms with Crippen molar-refractivity contribution >= 4 is 16.9 Å². The van der Waals surface area contributed by atoms with Crippen LogP contribution in [0.2, 0.25) is 0 Å². The Hall–Kier alpha value is -1.78. The zero-order valence-corrected chi connectivity index (χ0v) is 7.82. The van der Waals surface area contributed by atoms with Crippen LogP contribution in [0.5, 0.6) is 0 Å². The van der Waals surface area contributed by atoms with Crippen LogP contribution in [-0.2, 0) is 11.2 Å². The molecule has 0 fully saturated rings. The number of aryl methyl sites for hydroxylation is 1. The van der Waals surface area contributed by atoms with Gasteiger partial charge in [-0.3, -0.25) is 0 Å². The maximum atomic E-state index is 10.8. The molecule has 0 saturated carbocycles. The molecule has 0 bridgehead atoms. The van der Waals surface area contributed by atoms with E-state index in [0.29, 0.717) is 24.3 Å². The van der Waals surface area contributed by atoms with Crippen LogP contribution in [0, 0.1) is 0 Å². The van der Waals surface area contributed by atoms with Gasteiger partial charge in [0.2, 0.25) is 0 Å². The van der Waals surface area contributed by atoms with E-state index in [9.17, 15) is 4.79 Å². The van der Waals surface area contributed by atoms with E-state index in [0.717, 1.165) is 5.52 Å². The molecule has 72 valence electrons. The first-order chi connectivity index (χ1) is 6.75. The molecule has 2 heterocycles. The van der Waals surface area contributed by atoms with E-state index in [4.69, 9.17) is 0 Å². The van der Waals surface area contributed by atoms with Gasteiger partial charge in [-0.2, -0.15) is 0 Å². The minimum Gasteiger partial charge on any atom is -0.342 e. The van der Waals surface area contributed by atoms with Crippen LogP contribution in [0.3, 0.4) is 0 Å². The van der Waals surface area contributed by atoms with Crippen molar-refractivity contribution in [3.05, 3.63) is 18.3 Å². The summed E-state index contributed by atoms with van der Waals surface area (Å²) in [5.74, 6) is 0.815. The fraction of sp³-hybridized carbons (Fsp3) is 0.333. The van der Waals surface area contributed by atoms with Crippen molar-refractivity contribution in [1.82, 2.24) is 19.9 Å². The first-order valence-corrected chi connectivity index (χ1v) is 4.40. The molecule has 2 rings (SSSR count). The number of aromatic amines is 1. The van der Waals surface area contributed by atoms with Crippen LogP contribution in [0.4, 0.5) is 0 Å². The molecule has 0 radical (unpaired) electrons. The fourth-order valence-corrected chi connectivity index (χ4v) is 1.18. The number of aromatic nitrogens is 4. The van der Waals surface area contributed by atoms with Gasteiger partial charge in [0.15, 0.2) is 5.65 Å². The summed E-state index contributed by atoms with van der Waals surface area (Å²) in [6.07, 6.45) is 4.33. The van der Waals surface area contributed by atoms with Gasteiger partial charge < -0.3 is 9.78 Å². The van der Waals surface area contributed by atoms with Crippen molar-refractivity contribution in [2.45, 2.75) is 19.8 Å². The molecule has 0 amide bonds. The summed E-state index contributed by atoms with van der Waals surface area (Å²) in [6, 6.07) is 0. The summed E-state index contributed by atoms with van der Waals surface area (Å²) >= 11 is 0. The second-order valence-electron chi connectivity index (χ2n) is 3.13. The lowest BCUT2D eigenvalue weighted by Gasteiger charge is -1.96. The first-order valence-electron chi connectivity index (χ1n) is 4.40. The van der Waals surface area contributed by atoms with Gasteiger partial charge >= 0.3 is 0 Å². The molecule has 0 aromatic carbocycles. The van der Waals surface area contributed by atoms with E-state index in [-0.39, 0.29) is 5.78 Å². The molecule has 0 saturated heterocycles. The smallest absolute Gasteiger partial charge is 0.180 e. The summed E-state index contributed by atoms with van der Waals surface area (Å²) in [5.41, 5.74) is 1.47. The van der Waals surface area contributed by atoms with E-state index >= 15 is 0 Å². The van der Waals surface area contributed by atoms with Crippen molar-refractivity contribution in [3.63, 3.8) is 0 Å². The molecule has 0 unspecified atom stereocenters. The molecule has 0 aliphatic rings. The summed E-state index contributed by atoms with van der Waals surface area (Å²) in [6.45, 7) is 1.56. The zero-order chi connectivity index (χ0) is 9.97. The number of rotatable bonds is 3. The molecule has 14 heavy (non-hydrogen) atoms. The monoisotopic (exact) mass is 190 g/mol. The standard InChI is InChI=1S/C9H10N4O/c1-6(14)2-3-8-10-4-7-9(13-8)12-5-11-7/h4-5H,2-3H2,1H3,(H,10,11,12,13). The highest BCUT2D eigenvalue weighted by Crippen LogP contribution is 2.05. The SMILES string of the molecule is CC(=O)CCc1ncc2[nH]cnc2n1. The van der Waals surface area contributed by atoms with Gasteiger partial charge in [-0.25, -0.2) is 15.0 Å². The summed E-state index contributed by atoms with van der Waals surface area (Å²) in [5, 5.41) is 0. The molecule has 0 aliphatic carbocycles. The van der Waals surface area contributed by atoms with E-state index in [1.807, 2.05) is 0 Å². The number of hydrogen-bond donors (Lipinski definition) is 1. The maximum Gasteiger partial charge on any atom is 0.180 e. The minimum absolute atomic E-state index is 0.149. The number of carbonyl (C=O) groups excluding carboxylic acids is 1.